The highest BCUT2D eigenvalue weighted by molar-refractivity contribution is 5.36. The molecule has 1 unspecified atom stereocenters. The van der Waals surface area contributed by atoms with Crippen molar-refractivity contribution in [3.63, 3.8) is 0 Å². The van der Waals surface area contributed by atoms with Crippen molar-refractivity contribution in [2.45, 2.75) is 26.4 Å². The predicted molar refractivity (Wildman–Crippen MR) is 89.2 cm³/mol. The molecule has 0 bridgehead atoms. The summed E-state index contributed by atoms with van der Waals surface area (Å²) in [6, 6.07) is 16.2. The van der Waals surface area contributed by atoms with Gasteiger partial charge in [0.2, 0.25) is 0 Å². The van der Waals surface area contributed by atoms with E-state index >= 15 is 0 Å². The van der Waals surface area contributed by atoms with Crippen molar-refractivity contribution in [3.8, 4) is 11.5 Å². The summed E-state index contributed by atoms with van der Waals surface area (Å²) in [5, 5.41) is 0. The molecule has 0 saturated carbocycles. The molecular weight excluding hydrogens is 272 g/mol. The molecule has 3 rings (SSSR count). The van der Waals surface area contributed by atoms with Gasteiger partial charge >= 0.3 is 0 Å². The molecule has 0 aromatic heterocycles. The molecule has 1 heterocycles. The molecule has 2 aromatic rings. The number of rotatable bonds is 4. The van der Waals surface area contributed by atoms with Crippen LogP contribution < -0.4 is 4.74 Å². The van der Waals surface area contributed by atoms with E-state index in [2.05, 4.69) is 31.2 Å². The maximum atomic E-state index is 5.94. The zero-order valence-electron chi connectivity index (χ0n) is 13.0. The Morgan fingerprint density at radius 2 is 1.82 bits per heavy atom. The fourth-order valence-electron chi connectivity index (χ4n) is 2.47. The highest BCUT2D eigenvalue weighted by Gasteiger charge is 2.08. The summed E-state index contributed by atoms with van der Waals surface area (Å²) in [6.45, 7) is 4.10. The van der Waals surface area contributed by atoms with Gasteiger partial charge < -0.3 is 9.47 Å². The summed E-state index contributed by atoms with van der Waals surface area (Å²) < 4.78 is 11.7. The molecule has 0 fully saturated rings. The minimum atomic E-state index is 0.145. The summed E-state index contributed by atoms with van der Waals surface area (Å²) in [5.74, 6) is 2.70. The Morgan fingerprint density at radius 3 is 2.59 bits per heavy atom. The van der Waals surface area contributed by atoms with Crippen LogP contribution in [-0.4, -0.2) is 6.10 Å². The Kier molecular flexibility index (Phi) is 4.29. The van der Waals surface area contributed by atoms with Crippen LogP contribution in [0.1, 0.15) is 18.1 Å². The van der Waals surface area contributed by atoms with Crippen LogP contribution in [0.5, 0.6) is 11.5 Å². The molecule has 0 amide bonds. The van der Waals surface area contributed by atoms with Crippen LogP contribution in [0.25, 0.3) is 0 Å². The van der Waals surface area contributed by atoms with Crippen molar-refractivity contribution in [3.05, 3.63) is 83.6 Å². The molecule has 1 atom stereocenters. The number of benzene rings is 2. The van der Waals surface area contributed by atoms with Gasteiger partial charge in [0.25, 0.3) is 0 Å². The van der Waals surface area contributed by atoms with Gasteiger partial charge in [0.05, 0.1) is 0 Å². The van der Waals surface area contributed by atoms with E-state index in [4.69, 9.17) is 9.47 Å². The van der Waals surface area contributed by atoms with Gasteiger partial charge in [-0.2, -0.15) is 0 Å². The number of hydrogen-bond acceptors (Lipinski definition) is 2. The summed E-state index contributed by atoms with van der Waals surface area (Å²) in [6.07, 6.45) is 7.04. The average Bonchev–Trinajstić information content (AvgIpc) is 2.47. The minimum Gasteiger partial charge on any atom is -0.491 e. The molecule has 2 nitrogen and oxygen atoms in total. The Morgan fingerprint density at radius 1 is 1.05 bits per heavy atom. The largest absolute Gasteiger partial charge is 0.491 e. The monoisotopic (exact) mass is 292 g/mol. The fourth-order valence-corrected chi connectivity index (χ4v) is 2.47. The van der Waals surface area contributed by atoms with E-state index in [-0.39, 0.29) is 6.10 Å². The zero-order chi connectivity index (χ0) is 15.4. The number of allylic oxidation sites excluding steroid dienone is 3. The highest BCUT2D eigenvalue weighted by Crippen LogP contribution is 2.24. The van der Waals surface area contributed by atoms with E-state index in [0.717, 1.165) is 23.7 Å². The summed E-state index contributed by atoms with van der Waals surface area (Å²) in [5.41, 5.74) is 2.37. The molecule has 0 radical (unpaired) electrons. The van der Waals surface area contributed by atoms with Gasteiger partial charge in [0.1, 0.15) is 23.4 Å². The van der Waals surface area contributed by atoms with Crippen LogP contribution in [0, 0.1) is 6.92 Å². The zero-order valence-corrected chi connectivity index (χ0v) is 13.0. The molecule has 2 heteroatoms. The molecule has 2 aromatic carbocycles. The van der Waals surface area contributed by atoms with E-state index in [1.54, 1.807) is 0 Å². The maximum absolute atomic E-state index is 5.94. The normalized spacial score (nSPS) is 16.8. The van der Waals surface area contributed by atoms with Gasteiger partial charge in [-0.3, -0.25) is 0 Å². The van der Waals surface area contributed by atoms with Crippen LogP contribution >= 0.6 is 0 Å². The first kappa shape index (κ1) is 14.5. The third-order valence-corrected chi connectivity index (χ3v) is 3.50. The van der Waals surface area contributed by atoms with Crippen molar-refractivity contribution >= 4 is 0 Å². The summed E-state index contributed by atoms with van der Waals surface area (Å²) >= 11 is 0. The van der Waals surface area contributed by atoms with Crippen molar-refractivity contribution < 1.29 is 9.47 Å². The molecule has 0 N–H and O–H groups in total. The van der Waals surface area contributed by atoms with E-state index < -0.39 is 0 Å². The van der Waals surface area contributed by atoms with Crippen molar-refractivity contribution in [2.24, 2.45) is 0 Å². The SMILES string of the molecule is Cc1cccc(Oc2cccc(CC3=CC=CC(C)O3)c2)c1. The smallest absolute Gasteiger partial charge is 0.127 e. The van der Waals surface area contributed by atoms with Crippen molar-refractivity contribution in [1.29, 1.82) is 0 Å². The van der Waals surface area contributed by atoms with Gasteiger partial charge in [0, 0.05) is 6.42 Å². The van der Waals surface area contributed by atoms with E-state index in [9.17, 15) is 0 Å². The lowest BCUT2D eigenvalue weighted by Gasteiger charge is -2.17. The van der Waals surface area contributed by atoms with Crippen molar-refractivity contribution in [2.75, 3.05) is 0 Å². The van der Waals surface area contributed by atoms with Crippen LogP contribution in [0.15, 0.2) is 72.5 Å². The first-order chi connectivity index (χ1) is 10.7. The number of ether oxygens (including phenoxy) is 2. The number of aryl methyl sites for hydroxylation is 1. The van der Waals surface area contributed by atoms with E-state index in [0.29, 0.717) is 0 Å². The second-order valence-electron chi connectivity index (χ2n) is 5.58. The maximum Gasteiger partial charge on any atom is 0.127 e. The molecule has 22 heavy (non-hydrogen) atoms. The standard InChI is InChI=1S/C20H20O2/c1-15-6-3-9-18(12-15)22-20-11-5-8-17(14-20)13-19-10-4-7-16(2)21-19/h3-12,14,16H,13H2,1-2H3. The third-order valence-electron chi connectivity index (χ3n) is 3.50. The molecule has 1 aliphatic heterocycles. The molecule has 0 spiro atoms. The first-order valence-corrected chi connectivity index (χ1v) is 7.56. The van der Waals surface area contributed by atoms with Gasteiger partial charge in [-0.05, 0) is 61.4 Å². The molecule has 0 saturated heterocycles. The Hall–Kier alpha value is -2.48. The lowest BCUT2D eigenvalue weighted by Crippen LogP contribution is -2.09. The average molecular weight is 292 g/mol. The third kappa shape index (κ3) is 3.79. The molecule has 112 valence electrons. The van der Waals surface area contributed by atoms with Crippen LogP contribution in [0.4, 0.5) is 0 Å². The van der Waals surface area contributed by atoms with Gasteiger partial charge in [0.15, 0.2) is 0 Å². The first-order valence-electron chi connectivity index (χ1n) is 7.56. The Labute approximate surface area is 131 Å². The second kappa shape index (κ2) is 6.52. The Bertz CT molecular complexity index is 713. The quantitative estimate of drug-likeness (QED) is 0.772. The summed E-state index contributed by atoms with van der Waals surface area (Å²) in [4.78, 5) is 0. The predicted octanol–water partition coefficient (Wildman–Crippen LogP) is 5.19. The molecule has 0 aliphatic carbocycles. The van der Waals surface area contributed by atoms with Gasteiger partial charge in [-0.25, -0.2) is 0 Å². The fraction of sp³-hybridized carbons (Fsp3) is 0.200. The molecule has 1 aliphatic rings. The van der Waals surface area contributed by atoms with Gasteiger partial charge in [-0.1, -0.05) is 30.3 Å². The minimum absolute atomic E-state index is 0.145. The molecular formula is C20H20O2. The lowest BCUT2D eigenvalue weighted by molar-refractivity contribution is 0.161. The second-order valence-corrected chi connectivity index (χ2v) is 5.58. The number of hydrogen-bond donors (Lipinski definition) is 0. The van der Waals surface area contributed by atoms with Crippen LogP contribution in [0.2, 0.25) is 0 Å². The van der Waals surface area contributed by atoms with E-state index in [1.807, 2.05) is 49.4 Å². The van der Waals surface area contributed by atoms with Gasteiger partial charge in [-0.15, -0.1) is 0 Å². The highest BCUT2D eigenvalue weighted by atomic mass is 16.5. The van der Waals surface area contributed by atoms with E-state index in [1.165, 1.54) is 11.1 Å². The topological polar surface area (TPSA) is 18.5 Å². The van der Waals surface area contributed by atoms with Crippen LogP contribution in [0.3, 0.4) is 0 Å². The lowest BCUT2D eigenvalue weighted by atomic mass is 10.1. The van der Waals surface area contributed by atoms with Crippen LogP contribution in [-0.2, 0) is 11.2 Å². The Balaban J connectivity index is 1.72. The summed E-state index contributed by atoms with van der Waals surface area (Å²) in [7, 11) is 0. The van der Waals surface area contributed by atoms with Crippen molar-refractivity contribution in [1.82, 2.24) is 0 Å².